The van der Waals surface area contributed by atoms with E-state index < -0.39 is 10.0 Å². The molecule has 1 aliphatic rings. The Labute approximate surface area is 125 Å². The molecule has 0 radical (unpaired) electrons. The van der Waals surface area contributed by atoms with Crippen molar-refractivity contribution in [3.8, 4) is 0 Å². The molecule has 1 aliphatic heterocycles. The van der Waals surface area contributed by atoms with Crippen LogP contribution in [0, 0.1) is 0 Å². The van der Waals surface area contributed by atoms with Crippen LogP contribution in [0.5, 0.6) is 0 Å². The fourth-order valence-electron chi connectivity index (χ4n) is 2.59. The van der Waals surface area contributed by atoms with Crippen molar-refractivity contribution in [1.82, 2.24) is 19.4 Å². The van der Waals surface area contributed by atoms with Crippen molar-refractivity contribution in [3.63, 3.8) is 0 Å². The molecule has 0 bridgehead atoms. The molecule has 8 heteroatoms. The molecule has 0 aromatic carbocycles. The predicted octanol–water partition coefficient (Wildman–Crippen LogP) is 0.374. The van der Waals surface area contributed by atoms with Crippen molar-refractivity contribution >= 4 is 15.9 Å². The summed E-state index contributed by atoms with van der Waals surface area (Å²) in [5.74, 6) is -0.0565. The Morgan fingerprint density at radius 3 is 2.57 bits per heavy atom. The number of carbonyl (C=O) groups excluding carboxylic acids is 1. The lowest BCUT2D eigenvalue weighted by Gasteiger charge is -2.31. The average Bonchev–Trinajstić information content (AvgIpc) is 2.93. The summed E-state index contributed by atoms with van der Waals surface area (Å²) in [4.78, 5) is 12.3. The van der Waals surface area contributed by atoms with E-state index in [4.69, 9.17) is 0 Å². The molecule has 1 fully saturated rings. The van der Waals surface area contributed by atoms with E-state index in [9.17, 15) is 13.2 Å². The summed E-state index contributed by atoms with van der Waals surface area (Å²) < 4.78 is 26.0. The summed E-state index contributed by atoms with van der Waals surface area (Å²) in [7, 11) is -3.13. The van der Waals surface area contributed by atoms with Crippen molar-refractivity contribution < 1.29 is 13.2 Å². The third-order valence-electron chi connectivity index (χ3n) is 3.80. The van der Waals surface area contributed by atoms with Crippen LogP contribution in [0.1, 0.15) is 32.2 Å². The van der Waals surface area contributed by atoms with Crippen molar-refractivity contribution in [2.24, 2.45) is 0 Å². The van der Waals surface area contributed by atoms with E-state index in [-0.39, 0.29) is 18.0 Å². The van der Waals surface area contributed by atoms with E-state index in [0.717, 1.165) is 0 Å². The van der Waals surface area contributed by atoms with E-state index in [1.54, 1.807) is 23.1 Å². The number of hydrogen-bond acceptors (Lipinski definition) is 4. The Bertz CT molecular complexity index is 562. The van der Waals surface area contributed by atoms with Crippen LogP contribution >= 0.6 is 0 Å². The van der Waals surface area contributed by atoms with Gasteiger partial charge in [0, 0.05) is 31.5 Å². The lowest BCUT2D eigenvalue weighted by atomic mass is 10.1. The van der Waals surface area contributed by atoms with Gasteiger partial charge in [-0.2, -0.15) is 5.10 Å². The van der Waals surface area contributed by atoms with Gasteiger partial charge in [0.25, 0.3) is 0 Å². The van der Waals surface area contributed by atoms with Gasteiger partial charge in [0.1, 0.15) is 6.04 Å². The molecule has 2 rings (SSSR count). The summed E-state index contributed by atoms with van der Waals surface area (Å²) in [5.41, 5.74) is 0. The summed E-state index contributed by atoms with van der Waals surface area (Å²) in [5, 5.41) is 7.12. The normalized spacial score (nSPS) is 19.3. The van der Waals surface area contributed by atoms with Gasteiger partial charge in [0.2, 0.25) is 15.9 Å². The first-order valence-corrected chi connectivity index (χ1v) is 9.01. The summed E-state index contributed by atoms with van der Waals surface area (Å²) >= 11 is 0. The first kappa shape index (κ1) is 16.0. The SMILES string of the molecule is CC[C@@H](C(=O)NC1CCN(S(C)(=O)=O)CC1)n1cccn1. The Hall–Kier alpha value is -1.41. The molecular weight excluding hydrogens is 292 g/mol. The number of nitrogens with zero attached hydrogens (tertiary/aromatic N) is 3. The topological polar surface area (TPSA) is 84.3 Å². The van der Waals surface area contributed by atoms with Crippen LogP contribution in [0.15, 0.2) is 18.5 Å². The van der Waals surface area contributed by atoms with Gasteiger partial charge < -0.3 is 5.32 Å². The monoisotopic (exact) mass is 314 g/mol. The molecular formula is C13H22N4O3S. The third-order valence-corrected chi connectivity index (χ3v) is 5.11. The van der Waals surface area contributed by atoms with Gasteiger partial charge in [0.05, 0.1) is 6.26 Å². The number of amides is 1. The Balaban J connectivity index is 1.89. The molecule has 2 heterocycles. The maximum absolute atomic E-state index is 12.3. The highest BCUT2D eigenvalue weighted by Crippen LogP contribution is 2.15. The maximum atomic E-state index is 12.3. The first-order valence-electron chi connectivity index (χ1n) is 7.16. The smallest absolute Gasteiger partial charge is 0.245 e. The highest BCUT2D eigenvalue weighted by Gasteiger charge is 2.27. The first-order chi connectivity index (χ1) is 9.91. The number of nitrogens with one attached hydrogen (secondary N) is 1. The van der Waals surface area contributed by atoms with E-state index in [2.05, 4.69) is 10.4 Å². The zero-order chi connectivity index (χ0) is 15.5. The molecule has 21 heavy (non-hydrogen) atoms. The fraction of sp³-hybridized carbons (Fsp3) is 0.692. The zero-order valence-corrected chi connectivity index (χ0v) is 13.2. The van der Waals surface area contributed by atoms with Crippen LogP contribution in [0.4, 0.5) is 0 Å². The number of rotatable bonds is 5. The lowest BCUT2D eigenvalue weighted by Crippen LogP contribution is -2.47. The summed E-state index contributed by atoms with van der Waals surface area (Å²) in [6, 6.07) is 1.51. The molecule has 0 unspecified atom stereocenters. The van der Waals surface area contributed by atoms with Crippen LogP contribution in [-0.2, 0) is 14.8 Å². The lowest BCUT2D eigenvalue weighted by molar-refractivity contribution is -0.125. The molecule has 1 aromatic rings. The molecule has 1 atom stereocenters. The van der Waals surface area contributed by atoms with Crippen LogP contribution in [0.25, 0.3) is 0 Å². The second-order valence-corrected chi connectivity index (χ2v) is 7.34. The second-order valence-electron chi connectivity index (χ2n) is 5.36. The van der Waals surface area contributed by atoms with E-state index in [0.29, 0.717) is 32.4 Å². The standard InChI is InChI=1S/C13H22N4O3S/c1-3-12(17-8-4-7-14-17)13(18)15-11-5-9-16(10-6-11)21(2,19)20/h4,7-8,11-12H,3,5-6,9-10H2,1-2H3,(H,15,18)/t12-/m0/s1. The zero-order valence-electron chi connectivity index (χ0n) is 12.4. The minimum atomic E-state index is -3.13. The highest BCUT2D eigenvalue weighted by molar-refractivity contribution is 7.88. The molecule has 1 aromatic heterocycles. The van der Waals surface area contributed by atoms with Crippen molar-refractivity contribution in [2.75, 3.05) is 19.3 Å². The van der Waals surface area contributed by atoms with Gasteiger partial charge in [-0.1, -0.05) is 6.92 Å². The van der Waals surface area contributed by atoms with Crippen LogP contribution in [0.2, 0.25) is 0 Å². The van der Waals surface area contributed by atoms with Crippen molar-refractivity contribution in [1.29, 1.82) is 0 Å². The molecule has 1 N–H and O–H groups in total. The van der Waals surface area contributed by atoms with Crippen molar-refractivity contribution in [3.05, 3.63) is 18.5 Å². The molecule has 0 aliphatic carbocycles. The molecule has 0 spiro atoms. The minimum Gasteiger partial charge on any atom is -0.351 e. The summed E-state index contributed by atoms with van der Waals surface area (Å²) in [6.45, 7) is 2.86. The van der Waals surface area contributed by atoms with Gasteiger partial charge in [-0.05, 0) is 25.3 Å². The van der Waals surface area contributed by atoms with Gasteiger partial charge in [-0.15, -0.1) is 0 Å². The van der Waals surface area contributed by atoms with Crippen LogP contribution in [-0.4, -0.2) is 53.8 Å². The second kappa shape index (κ2) is 6.57. The molecule has 118 valence electrons. The molecule has 1 saturated heterocycles. The number of sulfonamides is 1. The molecule has 7 nitrogen and oxygen atoms in total. The third kappa shape index (κ3) is 4.04. The number of piperidine rings is 1. The molecule has 0 saturated carbocycles. The van der Waals surface area contributed by atoms with Crippen LogP contribution < -0.4 is 5.32 Å². The highest BCUT2D eigenvalue weighted by atomic mass is 32.2. The largest absolute Gasteiger partial charge is 0.351 e. The van der Waals surface area contributed by atoms with E-state index in [1.165, 1.54) is 10.6 Å². The number of carbonyl (C=O) groups is 1. The quantitative estimate of drug-likeness (QED) is 0.851. The van der Waals surface area contributed by atoms with Gasteiger partial charge in [-0.25, -0.2) is 12.7 Å². The Morgan fingerprint density at radius 1 is 1.43 bits per heavy atom. The summed E-state index contributed by atoms with van der Waals surface area (Å²) in [6.07, 6.45) is 6.61. The average molecular weight is 314 g/mol. The van der Waals surface area contributed by atoms with E-state index >= 15 is 0 Å². The Kier molecular flexibility index (Phi) is 5.00. The van der Waals surface area contributed by atoms with Crippen molar-refractivity contribution in [2.45, 2.75) is 38.3 Å². The number of hydrogen-bond donors (Lipinski definition) is 1. The molecule has 1 amide bonds. The van der Waals surface area contributed by atoms with Crippen LogP contribution in [0.3, 0.4) is 0 Å². The van der Waals surface area contributed by atoms with Gasteiger partial charge in [-0.3, -0.25) is 9.48 Å². The van der Waals surface area contributed by atoms with Gasteiger partial charge in [0.15, 0.2) is 0 Å². The van der Waals surface area contributed by atoms with Gasteiger partial charge >= 0.3 is 0 Å². The predicted molar refractivity (Wildman–Crippen MR) is 79.1 cm³/mol. The number of aromatic nitrogens is 2. The minimum absolute atomic E-state index is 0.0279. The van der Waals surface area contributed by atoms with E-state index in [1.807, 2.05) is 6.92 Å². The fourth-order valence-corrected chi connectivity index (χ4v) is 3.46. The maximum Gasteiger partial charge on any atom is 0.245 e. The Morgan fingerprint density at radius 2 is 2.10 bits per heavy atom.